The molecule has 0 aliphatic heterocycles. The lowest BCUT2D eigenvalue weighted by molar-refractivity contribution is -0.485. The Morgan fingerprint density at radius 1 is 1.30 bits per heavy atom. The van der Waals surface area contributed by atoms with Crippen LogP contribution in [0.3, 0.4) is 0 Å². The predicted octanol–water partition coefficient (Wildman–Crippen LogP) is 3.09. The van der Waals surface area contributed by atoms with Gasteiger partial charge >= 0.3 is 5.97 Å². The Morgan fingerprint density at radius 3 is 2.43 bits per heavy atom. The second-order valence-electron chi connectivity index (χ2n) is 5.45. The summed E-state index contributed by atoms with van der Waals surface area (Å²) in [6.07, 6.45) is 0. The zero-order valence-electron chi connectivity index (χ0n) is 14.0. The highest BCUT2D eigenvalue weighted by Crippen LogP contribution is 2.20. The summed E-state index contributed by atoms with van der Waals surface area (Å²) in [6, 6.07) is 9.75. The van der Waals surface area contributed by atoms with Gasteiger partial charge in [0.05, 0.1) is 18.1 Å². The van der Waals surface area contributed by atoms with E-state index in [0.717, 1.165) is 5.56 Å². The SMILES string of the molecule is CCOC(=O)/C(=C(/C)N[C@H](C)c1ccccc1)[C@@H](C)C[N+](=O)[O-]. The molecule has 0 saturated heterocycles. The third-order valence-corrected chi connectivity index (χ3v) is 3.55. The minimum absolute atomic E-state index is 0.0246. The van der Waals surface area contributed by atoms with Gasteiger partial charge in [0.15, 0.2) is 0 Å². The number of rotatable bonds is 8. The molecule has 0 aliphatic carbocycles. The topological polar surface area (TPSA) is 81.5 Å². The lowest BCUT2D eigenvalue weighted by atomic mass is 9.98. The molecule has 6 nitrogen and oxygen atoms in total. The van der Waals surface area contributed by atoms with Gasteiger partial charge in [-0.2, -0.15) is 0 Å². The van der Waals surface area contributed by atoms with E-state index in [0.29, 0.717) is 11.3 Å². The molecule has 0 bridgehead atoms. The molecule has 1 N–H and O–H groups in total. The van der Waals surface area contributed by atoms with Crippen molar-refractivity contribution in [2.24, 2.45) is 5.92 Å². The third kappa shape index (κ3) is 5.73. The van der Waals surface area contributed by atoms with Gasteiger partial charge in [0.25, 0.3) is 0 Å². The van der Waals surface area contributed by atoms with Gasteiger partial charge < -0.3 is 10.1 Å². The molecule has 126 valence electrons. The highest BCUT2D eigenvalue weighted by atomic mass is 16.6. The summed E-state index contributed by atoms with van der Waals surface area (Å²) in [5.74, 6) is -1.04. The van der Waals surface area contributed by atoms with E-state index >= 15 is 0 Å². The molecule has 0 unspecified atom stereocenters. The average Bonchev–Trinajstić information content (AvgIpc) is 2.47. The maximum Gasteiger partial charge on any atom is 0.336 e. The van der Waals surface area contributed by atoms with E-state index in [1.54, 1.807) is 20.8 Å². The van der Waals surface area contributed by atoms with Gasteiger partial charge in [-0.1, -0.05) is 37.3 Å². The Morgan fingerprint density at radius 2 is 1.91 bits per heavy atom. The highest BCUT2D eigenvalue weighted by molar-refractivity contribution is 5.89. The van der Waals surface area contributed by atoms with Crippen molar-refractivity contribution in [1.82, 2.24) is 5.32 Å². The number of hydrogen-bond acceptors (Lipinski definition) is 5. The third-order valence-electron chi connectivity index (χ3n) is 3.55. The van der Waals surface area contributed by atoms with Gasteiger partial charge in [-0.25, -0.2) is 4.79 Å². The van der Waals surface area contributed by atoms with E-state index in [9.17, 15) is 14.9 Å². The van der Waals surface area contributed by atoms with Crippen molar-refractivity contribution in [2.75, 3.05) is 13.2 Å². The number of esters is 1. The Hall–Kier alpha value is -2.37. The van der Waals surface area contributed by atoms with Crippen LogP contribution < -0.4 is 5.32 Å². The van der Waals surface area contributed by atoms with Gasteiger partial charge in [-0.15, -0.1) is 0 Å². The van der Waals surface area contributed by atoms with Crippen LogP contribution in [-0.2, 0) is 9.53 Å². The van der Waals surface area contributed by atoms with Crippen molar-refractivity contribution in [3.63, 3.8) is 0 Å². The summed E-state index contributed by atoms with van der Waals surface area (Å²) in [7, 11) is 0. The number of nitrogens with zero attached hydrogens (tertiary/aromatic N) is 1. The largest absolute Gasteiger partial charge is 0.463 e. The van der Waals surface area contributed by atoms with Crippen LogP contribution >= 0.6 is 0 Å². The molecule has 0 fully saturated rings. The first-order valence-corrected chi connectivity index (χ1v) is 7.68. The second-order valence-corrected chi connectivity index (χ2v) is 5.45. The summed E-state index contributed by atoms with van der Waals surface area (Å²) in [4.78, 5) is 22.5. The molecule has 0 saturated carbocycles. The molecule has 0 amide bonds. The number of carbonyl (C=O) groups is 1. The van der Waals surface area contributed by atoms with Gasteiger partial charge in [-0.05, 0) is 26.3 Å². The van der Waals surface area contributed by atoms with Crippen LogP contribution in [0.4, 0.5) is 0 Å². The highest BCUT2D eigenvalue weighted by Gasteiger charge is 2.25. The average molecular weight is 320 g/mol. The molecule has 0 spiro atoms. The van der Waals surface area contributed by atoms with E-state index in [1.807, 2.05) is 37.3 Å². The first-order chi connectivity index (χ1) is 10.9. The number of nitrogens with one attached hydrogen (secondary N) is 1. The number of hydrogen-bond donors (Lipinski definition) is 1. The van der Waals surface area contributed by atoms with Crippen LogP contribution in [0.5, 0.6) is 0 Å². The molecule has 0 radical (unpaired) electrons. The van der Waals surface area contributed by atoms with Crippen molar-refractivity contribution >= 4 is 5.97 Å². The van der Waals surface area contributed by atoms with Crippen LogP contribution in [0.25, 0.3) is 0 Å². The quantitative estimate of drug-likeness (QED) is 0.344. The fraction of sp³-hybridized carbons (Fsp3) is 0.471. The minimum Gasteiger partial charge on any atom is -0.463 e. The van der Waals surface area contributed by atoms with Gasteiger partial charge in [0.2, 0.25) is 6.54 Å². The Kier molecular flexibility index (Phi) is 7.25. The second kappa shape index (κ2) is 8.92. The number of benzene rings is 1. The maximum absolute atomic E-state index is 12.2. The molecular weight excluding hydrogens is 296 g/mol. The molecule has 1 rings (SSSR count). The molecule has 0 aliphatic rings. The van der Waals surface area contributed by atoms with Crippen molar-refractivity contribution in [3.05, 3.63) is 57.3 Å². The number of allylic oxidation sites excluding steroid dienone is 1. The summed E-state index contributed by atoms with van der Waals surface area (Å²) in [5.41, 5.74) is 2.00. The first kappa shape index (κ1) is 18.7. The van der Waals surface area contributed by atoms with Crippen LogP contribution in [0, 0.1) is 16.0 Å². The van der Waals surface area contributed by atoms with Gasteiger partial charge in [-0.3, -0.25) is 10.1 Å². The van der Waals surface area contributed by atoms with Crippen molar-refractivity contribution in [1.29, 1.82) is 0 Å². The number of ether oxygens (including phenoxy) is 1. The lowest BCUT2D eigenvalue weighted by Crippen LogP contribution is -2.27. The van der Waals surface area contributed by atoms with E-state index < -0.39 is 16.8 Å². The number of carbonyl (C=O) groups excluding carboxylic acids is 1. The van der Waals surface area contributed by atoms with Crippen LogP contribution in [0.15, 0.2) is 41.6 Å². The predicted molar refractivity (Wildman–Crippen MR) is 88.4 cm³/mol. The van der Waals surface area contributed by atoms with E-state index in [-0.39, 0.29) is 19.2 Å². The summed E-state index contributed by atoms with van der Waals surface area (Å²) in [6.45, 7) is 7.01. The molecule has 1 aromatic rings. The van der Waals surface area contributed by atoms with Crippen molar-refractivity contribution in [3.8, 4) is 0 Å². The molecular formula is C17H24N2O4. The monoisotopic (exact) mass is 320 g/mol. The summed E-state index contributed by atoms with van der Waals surface area (Å²) >= 11 is 0. The molecule has 2 atom stereocenters. The Bertz CT molecular complexity index is 569. The van der Waals surface area contributed by atoms with E-state index in [4.69, 9.17) is 4.74 Å². The van der Waals surface area contributed by atoms with Gasteiger partial charge in [0.1, 0.15) is 0 Å². The zero-order valence-corrected chi connectivity index (χ0v) is 14.0. The fourth-order valence-corrected chi connectivity index (χ4v) is 2.48. The van der Waals surface area contributed by atoms with Crippen LogP contribution in [0.1, 0.15) is 39.3 Å². The zero-order chi connectivity index (χ0) is 17.4. The smallest absolute Gasteiger partial charge is 0.336 e. The van der Waals surface area contributed by atoms with Gasteiger partial charge in [0, 0.05) is 16.7 Å². The van der Waals surface area contributed by atoms with Crippen LogP contribution in [-0.4, -0.2) is 24.0 Å². The van der Waals surface area contributed by atoms with Crippen LogP contribution in [0.2, 0.25) is 0 Å². The van der Waals surface area contributed by atoms with Crippen molar-refractivity contribution < 1.29 is 14.5 Å². The van der Waals surface area contributed by atoms with E-state index in [2.05, 4.69) is 5.32 Å². The Labute approximate surface area is 136 Å². The molecule has 0 heterocycles. The summed E-state index contributed by atoms with van der Waals surface area (Å²) in [5, 5.41) is 14.0. The van der Waals surface area contributed by atoms with E-state index in [1.165, 1.54) is 0 Å². The number of nitro groups is 1. The normalized spacial score (nSPS) is 14.4. The standard InChI is InChI=1S/C17H24N2O4/c1-5-23-17(20)16(12(2)11-19(21)22)14(4)18-13(3)15-9-7-6-8-10-15/h6-10,12-13,18H,5,11H2,1-4H3/b16-14-/t12-,13+/m0/s1. The molecule has 6 heteroatoms. The lowest BCUT2D eigenvalue weighted by Gasteiger charge is -2.21. The molecule has 23 heavy (non-hydrogen) atoms. The fourth-order valence-electron chi connectivity index (χ4n) is 2.48. The minimum atomic E-state index is -0.528. The first-order valence-electron chi connectivity index (χ1n) is 7.68. The summed E-state index contributed by atoms with van der Waals surface area (Å²) < 4.78 is 5.06. The Balaban J connectivity index is 3.03. The van der Waals surface area contributed by atoms with Crippen molar-refractivity contribution in [2.45, 2.75) is 33.7 Å². The maximum atomic E-state index is 12.2. The molecule has 1 aromatic carbocycles. The molecule has 0 aromatic heterocycles.